The molecule has 0 aromatic carbocycles. The third kappa shape index (κ3) is 1.86. The van der Waals surface area contributed by atoms with Crippen LogP contribution in [0.4, 0.5) is 0 Å². The zero-order valence-electron chi connectivity index (χ0n) is 12.2. The highest BCUT2D eigenvalue weighted by Gasteiger charge is 2.41. The summed E-state index contributed by atoms with van der Waals surface area (Å²) in [6.07, 6.45) is 4.27. The summed E-state index contributed by atoms with van der Waals surface area (Å²) in [5, 5.41) is 3.52. The van der Waals surface area contributed by atoms with Crippen LogP contribution < -0.4 is 5.32 Å². The largest absolute Gasteiger partial charge is 0.316 e. The van der Waals surface area contributed by atoms with Gasteiger partial charge in [0.15, 0.2) is 0 Å². The fraction of sp³-hybridized carbons (Fsp3) is 0.562. The van der Waals surface area contributed by atoms with Crippen molar-refractivity contribution in [1.82, 2.24) is 19.6 Å². The minimum Gasteiger partial charge on any atom is -0.316 e. The van der Waals surface area contributed by atoms with Crippen LogP contribution in [0.2, 0.25) is 0 Å². The van der Waals surface area contributed by atoms with Gasteiger partial charge in [0.25, 0.3) is 0 Å². The molecule has 3 unspecified atom stereocenters. The molecule has 3 atom stereocenters. The quantitative estimate of drug-likeness (QED) is 0.901. The number of nitrogens with one attached hydrogen (secondary N) is 1. The molecule has 0 spiro atoms. The zero-order valence-corrected chi connectivity index (χ0v) is 12.2. The molecular weight excluding hydrogens is 248 g/mol. The van der Waals surface area contributed by atoms with E-state index in [2.05, 4.69) is 53.0 Å². The molecule has 4 nitrogen and oxygen atoms in total. The second-order valence-corrected chi connectivity index (χ2v) is 6.41. The van der Waals surface area contributed by atoms with Crippen molar-refractivity contribution in [3.05, 3.63) is 35.8 Å². The van der Waals surface area contributed by atoms with E-state index in [1.807, 2.05) is 0 Å². The second kappa shape index (κ2) is 4.57. The maximum atomic E-state index is 4.81. The summed E-state index contributed by atoms with van der Waals surface area (Å²) < 4.78 is 2.15. The number of imidazole rings is 1. The number of pyridine rings is 1. The molecule has 0 saturated carbocycles. The van der Waals surface area contributed by atoms with Crippen molar-refractivity contribution in [3.8, 4) is 0 Å². The summed E-state index contributed by atoms with van der Waals surface area (Å²) in [5.74, 6) is 1.66. The van der Waals surface area contributed by atoms with Crippen molar-refractivity contribution in [2.24, 2.45) is 11.8 Å². The lowest BCUT2D eigenvalue weighted by Crippen LogP contribution is -2.32. The molecule has 4 rings (SSSR count). The van der Waals surface area contributed by atoms with Crippen LogP contribution in [0.15, 0.2) is 24.5 Å². The number of hydrogen-bond donors (Lipinski definition) is 1. The molecule has 4 heterocycles. The summed E-state index contributed by atoms with van der Waals surface area (Å²) in [6, 6.07) is 4.88. The molecule has 4 heteroatoms. The molecule has 2 fully saturated rings. The van der Waals surface area contributed by atoms with Gasteiger partial charge in [-0.15, -0.1) is 0 Å². The molecule has 0 aliphatic carbocycles. The van der Waals surface area contributed by atoms with Gasteiger partial charge >= 0.3 is 0 Å². The molecule has 2 saturated heterocycles. The van der Waals surface area contributed by atoms with E-state index in [0.29, 0.717) is 6.04 Å². The first-order chi connectivity index (χ1) is 9.72. The Morgan fingerprint density at radius 3 is 3.10 bits per heavy atom. The predicted molar refractivity (Wildman–Crippen MR) is 79.7 cm³/mol. The summed E-state index contributed by atoms with van der Waals surface area (Å²) in [4.78, 5) is 7.41. The minimum atomic E-state index is 0.668. The van der Waals surface area contributed by atoms with Gasteiger partial charge in [0.05, 0.1) is 5.69 Å². The third-order valence-corrected chi connectivity index (χ3v) is 5.15. The second-order valence-electron chi connectivity index (χ2n) is 6.41. The van der Waals surface area contributed by atoms with Crippen molar-refractivity contribution in [1.29, 1.82) is 0 Å². The third-order valence-electron chi connectivity index (χ3n) is 5.15. The molecule has 106 valence electrons. The highest BCUT2D eigenvalue weighted by Crippen LogP contribution is 2.33. The van der Waals surface area contributed by atoms with Crippen LogP contribution in [-0.2, 0) is 6.54 Å². The maximum Gasteiger partial charge on any atom is 0.139 e. The van der Waals surface area contributed by atoms with Gasteiger partial charge in [-0.05, 0) is 50.4 Å². The lowest BCUT2D eigenvalue weighted by molar-refractivity contribution is 0.229. The van der Waals surface area contributed by atoms with Crippen LogP contribution >= 0.6 is 0 Å². The summed E-state index contributed by atoms with van der Waals surface area (Å²) in [5.41, 5.74) is 3.53. The lowest BCUT2D eigenvalue weighted by Gasteiger charge is -2.23. The van der Waals surface area contributed by atoms with Crippen molar-refractivity contribution < 1.29 is 0 Å². The predicted octanol–water partition coefficient (Wildman–Crippen LogP) is 1.68. The van der Waals surface area contributed by atoms with Crippen LogP contribution in [-0.4, -0.2) is 40.0 Å². The van der Waals surface area contributed by atoms with E-state index < -0.39 is 0 Å². The number of aromatic nitrogens is 2. The summed E-state index contributed by atoms with van der Waals surface area (Å²) >= 11 is 0. The van der Waals surface area contributed by atoms with Gasteiger partial charge in [-0.25, -0.2) is 4.98 Å². The van der Waals surface area contributed by atoms with E-state index in [-0.39, 0.29) is 0 Å². The lowest BCUT2D eigenvalue weighted by atomic mass is 9.95. The number of rotatable bonds is 2. The Morgan fingerprint density at radius 1 is 1.40 bits per heavy atom. The van der Waals surface area contributed by atoms with Crippen LogP contribution in [0.1, 0.15) is 18.2 Å². The summed E-state index contributed by atoms with van der Waals surface area (Å²) in [7, 11) is 0. The standard InChI is InChI=1S/C16H22N4/c1-11-4-3-5-19-9-14(18-16(11)19)10-20-8-13-6-17-7-15(13)12(20)2/h3-5,9,12-13,15,17H,6-8,10H2,1-2H3. The van der Waals surface area contributed by atoms with E-state index in [1.165, 1.54) is 30.9 Å². The Kier molecular flexibility index (Phi) is 2.82. The highest BCUT2D eigenvalue weighted by atomic mass is 15.2. The number of fused-ring (bicyclic) bond motifs is 2. The van der Waals surface area contributed by atoms with E-state index in [1.54, 1.807) is 0 Å². The van der Waals surface area contributed by atoms with Crippen molar-refractivity contribution in [2.75, 3.05) is 19.6 Å². The molecule has 0 bridgehead atoms. The molecule has 20 heavy (non-hydrogen) atoms. The Hall–Kier alpha value is -1.39. The van der Waals surface area contributed by atoms with Crippen LogP contribution in [0.25, 0.3) is 5.65 Å². The molecule has 1 N–H and O–H groups in total. The fourth-order valence-electron chi connectivity index (χ4n) is 3.95. The topological polar surface area (TPSA) is 32.6 Å². The number of hydrogen-bond acceptors (Lipinski definition) is 3. The fourth-order valence-corrected chi connectivity index (χ4v) is 3.95. The van der Waals surface area contributed by atoms with Gasteiger partial charge in [-0.2, -0.15) is 0 Å². The van der Waals surface area contributed by atoms with Crippen LogP contribution in [0.3, 0.4) is 0 Å². The Morgan fingerprint density at radius 2 is 2.30 bits per heavy atom. The van der Waals surface area contributed by atoms with Gasteiger partial charge in [-0.3, -0.25) is 4.90 Å². The normalized spacial score (nSPS) is 30.2. The SMILES string of the molecule is Cc1cccn2cc(CN3CC4CNCC4C3C)nc12. The highest BCUT2D eigenvalue weighted by molar-refractivity contribution is 5.47. The maximum absolute atomic E-state index is 4.81. The van der Waals surface area contributed by atoms with Crippen LogP contribution in [0.5, 0.6) is 0 Å². The molecular formula is C16H22N4. The Balaban J connectivity index is 1.57. The van der Waals surface area contributed by atoms with E-state index in [4.69, 9.17) is 4.98 Å². The smallest absolute Gasteiger partial charge is 0.139 e. The average molecular weight is 270 g/mol. The average Bonchev–Trinajstić information content (AvgIpc) is 3.09. The molecule has 2 aromatic rings. The first-order valence-corrected chi connectivity index (χ1v) is 7.60. The molecule has 0 radical (unpaired) electrons. The minimum absolute atomic E-state index is 0.668. The Bertz CT molecular complexity index is 632. The van der Waals surface area contributed by atoms with Crippen molar-refractivity contribution >= 4 is 5.65 Å². The molecule has 2 aliphatic heterocycles. The number of nitrogens with zero attached hydrogens (tertiary/aromatic N) is 3. The van der Waals surface area contributed by atoms with Gasteiger partial charge < -0.3 is 9.72 Å². The monoisotopic (exact) mass is 270 g/mol. The van der Waals surface area contributed by atoms with Crippen molar-refractivity contribution in [3.63, 3.8) is 0 Å². The zero-order chi connectivity index (χ0) is 13.7. The van der Waals surface area contributed by atoms with Gasteiger partial charge in [0.1, 0.15) is 5.65 Å². The molecule has 2 aromatic heterocycles. The van der Waals surface area contributed by atoms with E-state index in [0.717, 1.165) is 24.0 Å². The van der Waals surface area contributed by atoms with E-state index in [9.17, 15) is 0 Å². The molecule has 2 aliphatic rings. The number of likely N-dealkylation sites (tertiary alicyclic amines) is 1. The van der Waals surface area contributed by atoms with Gasteiger partial charge in [-0.1, -0.05) is 6.07 Å². The first-order valence-electron chi connectivity index (χ1n) is 7.60. The molecule has 0 amide bonds. The first kappa shape index (κ1) is 12.4. The number of aryl methyl sites for hydroxylation is 1. The van der Waals surface area contributed by atoms with Crippen molar-refractivity contribution in [2.45, 2.75) is 26.4 Å². The van der Waals surface area contributed by atoms with E-state index >= 15 is 0 Å². The summed E-state index contributed by atoms with van der Waals surface area (Å²) in [6.45, 7) is 9.07. The Labute approximate surface area is 119 Å². The van der Waals surface area contributed by atoms with Crippen LogP contribution in [0, 0.1) is 18.8 Å². The van der Waals surface area contributed by atoms with Gasteiger partial charge in [0.2, 0.25) is 0 Å². The van der Waals surface area contributed by atoms with Gasteiger partial charge in [0, 0.05) is 31.5 Å².